The number of alkyl halides is 3. The molecule has 0 aliphatic carbocycles. The number of hydrogen-bond acceptors (Lipinski definition) is 1. The van der Waals surface area contributed by atoms with Crippen molar-refractivity contribution in [2.75, 3.05) is 0 Å². The monoisotopic (exact) mass is 270 g/mol. The van der Waals surface area contributed by atoms with Crippen LogP contribution in [0.15, 0.2) is 24.4 Å². The minimum atomic E-state index is -4.32. The van der Waals surface area contributed by atoms with Gasteiger partial charge in [-0.15, -0.1) is 0 Å². The Labute approximate surface area is 110 Å². The average molecular weight is 270 g/mol. The van der Waals surface area contributed by atoms with Crippen molar-refractivity contribution in [1.82, 2.24) is 4.57 Å². The van der Waals surface area contributed by atoms with Crippen LogP contribution >= 0.6 is 0 Å². The molecule has 2 rings (SSSR count). The van der Waals surface area contributed by atoms with E-state index in [1.54, 1.807) is 4.57 Å². The number of aromatic nitrogens is 1. The van der Waals surface area contributed by atoms with Gasteiger partial charge in [0.2, 0.25) is 0 Å². The largest absolute Gasteiger partial charge is 0.416 e. The third-order valence-electron chi connectivity index (χ3n) is 3.24. The third-order valence-corrected chi connectivity index (χ3v) is 3.24. The normalized spacial score (nSPS) is 13.2. The molecule has 0 fully saturated rings. The molecule has 2 nitrogen and oxygen atoms in total. The van der Waals surface area contributed by atoms with Gasteiger partial charge in [-0.1, -0.05) is 6.07 Å². The number of nitrogens with two attached hydrogens (primary N) is 1. The van der Waals surface area contributed by atoms with E-state index in [1.165, 1.54) is 12.1 Å². The van der Waals surface area contributed by atoms with Gasteiger partial charge in [0.05, 0.1) is 5.56 Å². The van der Waals surface area contributed by atoms with Crippen molar-refractivity contribution in [3.63, 3.8) is 0 Å². The van der Waals surface area contributed by atoms with Crippen LogP contribution in [0, 0.1) is 0 Å². The number of benzene rings is 1. The number of rotatable bonds is 2. The molecule has 19 heavy (non-hydrogen) atoms. The van der Waals surface area contributed by atoms with Crippen LogP contribution in [-0.2, 0) is 18.3 Å². The summed E-state index contributed by atoms with van der Waals surface area (Å²) in [5.41, 5.74) is 6.30. The standard InChI is InChI=1S/C14H17F3N2/c1-4-19-8-11(13(2,3)18)10-6-5-9(7-12(10)19)14(15,16)17/h5-8H,4,18H2,1-3H3. The van der Waals surface area contributed by atoms with Gasteiger partial charge >= 0.3 is 6.18 Å². The fraction of sp³-hybridized carbons (Fsp3) is 0.429. The number of halogens is 3. The van der Waals surface area contributed by atoms with Crippen LogP contribution < -0.4 is 5.73 Å². The van der Waals surface area contributed by atoms with Crippen molar-refractivity contribution < 1.29 is 13.2 Å². The van der Waals surface area contributed by atoms with E-state index < -0.39 is 17.3 Å². The van der Waals surface area contributed by atoms with Gasteiger partial charge in [0, 0.05) is 29.2 Å². The Morgan fingerprint density at radius 1 is 1.21 bits per heavy atom. The maximum Gasteiger partial charge on any atom is 0.416 e. The molecule has 0 aliphatic heterocycles. The number of hydrogen-bond donors (Lipinski definition) is 1. The van der Waals surface area contributed by atoms with Crippen LogP contribution in [0.25, 0.3) is 10.9 Å². The van der Waals surface area contributed by atoms with E-state index in [9.17, 15) is 13.2 Å². The van der Waals surface area contributed by atoms with Crippen molar-refractivity contribution in [2.45, 2.75) is 39.0 Å². The molecule has 0 aliphatic rings. The van der Waals surface area contributed by atoms with Crippen molar-refractivity contribution in [2.24, 2.45) is 5.73 Å². The molecule has 5 heteroatoms. The van der Waals surface area contributed by atoms with Gasteiger partial charge in [-0.3, -0.25) is 0 Å². The van der Waals surface area contributed by atoms with E-state index in [2.05, 4.69) is 0 Å². The second-order valence-corrected chi connectivity index (χ2v) is 5.28. The zero-order valence-electron chi connectivity index (χ0n) is 11.2. The Kier molecular flexibility index (Phi) is 3.13. The molecule has 1 heterocycles. The number of aryl methyl sites for hydroxylation is 1. The SMILES string of the molecule is CCn1cc(C(C)(C)N)c2ccc(C(F)(F)F)cc21. The molecular formula is C14H17F3N2. The molecule has 0 spiro atoms. The lowest BCUT2D eigenvalue weighted by Gasteiger charge is -2.17. The molecule has 0 atom stereocenters. The fourth-order valence-electron chi connectivity index (χ4n) is 2.24. The first-order chi connectivity index (χ1) is 8.64. The quantitative estimate of drug-likeness (QED) is 0.882. The highest BCUT2D eigenvalue weighted by Gasteiger charge is 2.31. The van der Waals surface area contributed by atoms with Crippen LogP contribution in [0.3, 0.4) is 0 Å². The maximum absolute atomic E-state index is 12.8. The van der Waals surface area contributed by atoms with Crippen LogP contribution in [0.2, 0.25) is 0 Å². The zero-order chi connectivity index (χ0) is 14.4. The highest BCUT2D eigenvalue weighted by molar-refractivity contribution is 5.85. The van der Waals surface area contributed by atoms with Crippen molar-refractivity contribution >= 4 is 10.9 Å². The minimum Gasteiger partial charge on any atom is -0.347 e. The fourth-order valence-corrected chi connectivity index (χ4v) is 2.24. The molecule has 0 saturated carbocycles. The molecule has 0 amide bonds. The van der Waals surface area contributed by atoms with E-state index in [0.29, 0.717) is 12.1 Å². The average Bonchev–Trinajstić information content (AvgIpc) is 2.65. The predicted molar refractivity (Wildman–Crippen MR) is 69.8 cm³/mol. The lowest BCUT2D eigenvalue weighted by Crippen LogP contribution is -2.28. The van der Waals surface area contributed by atoms with Crippen molar-refractivity contribution in [3.8, 4) is 0 Å². The number of fused-ring (bicyclic) bond motifs is 1. The molecule has 2 N–H and O–H groups in total. The summed E-state index contributed by atoms with van der Waals surface area (Å²) in [6.07, 6.45) is -2.49. The van der Waals surface area contributed by atoms with Gasteiger partial charge < -0.3 is 10.3 Å². The highest BCUT2D eigenvalue weighted by atomic mass is 19.4. The highest BCUT2D eigenvalue weighted by Crippen LogP contribution is 2.35. The van der Waals surface area contributed by atoms with Gasteiger partial charge in [-0.2, -0.15) is 13.2 Å². The third kappa shape index (κ3) is 2.47. The summed E-state index contributed by atoms with van der Waals surface area (Å²) < 4.78 is 40.1. The smallest absolute Gasteiger partial charge is 0.347 e. The van der Waals surface area contributed by atoms with Crippen molar-refractivity contribution in [1.29, 1.82) is 0 Å². The van der Waals surface area contributed by atoms with Gasteiger partial charge in [0.25, 0.3) is 0 Å². The lowest BCUT2D eigenvalue weighted by molar-refractivity contribution is -0.137. The van der Waals surface area contributed by atoms with Gasteiger partial charge in [-0.25, -0.2) is 0 Å². The molecular weight excluding hydrogens is 253 g/mol. The van der Waals surface area contributed by atoms with E-state index in [0.717, 1.165) is 17.0 Å². The van der Waals surface area contributed by atoms with Crippen molar-refractivity contribution in [3.05, 3.63) is 35.5 Å². The predicted octanol–water partition coefficient (Wildman–Crippen LogP) is 3.87. The van der Waals surface area contributed by atoms with Crippen LogP contribution in [0.1, 0.15) is 31.9 Å². The molecule has 0 radical (unpaired) electrons. The summed E-state index contributed by atoms with van der Waals surface area (Å²) in [6.45, 7) is 6.19. The van der Waals surface area contributed by atoms with E-state index in [-0.39, 0.29) is 0 Å². The summed E-state index contributed by atoms with van der Waals surface area (Å²) in [4.78, 5) is 0. The summed E-state index contributed by atoms with van der Waals surface area (Å²) in [5.74, 6) is 0. The second kappa shape index (κ2) is 4.27. The van der Waals surface area contributed by atoms with Crippen LogP contribution in [0.5, 0.6) is 0 Å². The first-order valence-electron chi connectivity index (χ1n) is 6.14. The van der Waals surface area contributed by atoms with Crippen LogP contribution in [-0.4, -0.2) is 4.57 Å². The lowest BCUT2D eigenvalue weighted by atomic mass is 9.95. The van der Waals surface area contributed by atoms with E-state index >= 15 is 0 Å². The molecule has 104 valence electrons. The van der Waals surface area contributed by atoms with E-state index in [4.69, 9.17) is 5.73 Å². The Morgan fingerprint density at radius 2 is 1.84 bits per heavy atom. The van der Waals surface area contributed by atoms with E-state index in [1.807, 2.05) is 27.0 Å². The molecule has 0 bridgehead atoms. The van der Waals surface area contributed by atoms with Crippen LogP contribution in [0.4, 0.5) is 13.2 Å². The summed E-state index contributed by atoms with van der Waals surface area (Å²) >= 11 is 0. The Hall–Kier alpha value is -1.49. The second-order valence-electron chi connectivity index (χ2n) is 5.28. The Morgan fingerprint density at radius 3 is 2.32 bits per heavy atom. The summed E-state index contributed by atoms with van der Waals surface area (Å²) in [5, 5.41) is 0.780. The molecule has 2 aromatic rings. The number of nitrogens with zero attached hydrogens (tertiary/aromatic N) is 1. The van der Waals surface area contributed by atoms with Gasteiger partial charge in [-0.05, 0) is 38.5 Å². The Balaban J connectivity index is 2.73. The van der Waals surface area contributed by atoms with Gasteiger partial charge in [0.15, 0.2) is 0 Å². The molecule has 1 aromatic heterocycles. The zero-order valence-corrected chi connectivity index (χ0v) is 11.2. The maximum atomic E-state index is 12.8. The molecule has 1 aromatic carbocycles. The topological polar surface area (TPSA) is 30.9 Å². The summed E-state index contributed by atoms with van der Waals surface area (Å²) in [6, 6.07) is 3.81. The molecule has 0 saturated heterocycles. The Bertz CT molecular complexity index is 603. The minimum absolute atomic E-state index is 0.575. The first-order valence-corrected chi connectivity index (χ1v) is 6.14. The first kappa shape index (κ1) is 13.9. The summed E-state index contributed by atoms with van der Waals surface area (Å²) in [7, 11) is 0. The van der Waals surface area contributed by atoms with Gasteiger partial charge in [0.1, 0.15) is 0 Å². The molecule has 0 unspecified atom stereocenters.